The standard InChI is InChI=1S/C13H24N4O2S/c1-4-8-17-11(14)10(12(18)16(2)13(17)19)15-7-5-6-9-20-3/h15H,4-9,14H2,1-3H3. The van der Waals surface area contributed by atoms with E-state index in [-0.39, 0.29) is 17.1 Å². The highest BCUT2D eigenvalue weighted by Gasteiger charge is 2.14. The Bertz CT molecular complexity index is 551. The van der Waals surface area contributed by atoms with Crippen LogP contribution in [-0.4, -0.2) is 27.7 Å². The molecule has 0 unspecified atom stereocenters. The first kappa shape index (κ1) is 16.7. The van der Waals surface area contributed by atoms with Gasteiger partial charge in [-0.05, 0) is 31.3 Å². The first-order valence-electron chi connectivity index (χ1n) is 6.86. The summed E-state index contributed by atoms with van der Waals surface area (Å²) in [6.07, 6.45) is 4.91. The summed E-state index contributed by atoms with van der Waals surface area (Å²) in [6.45, 7) is 3.16. The summed E-state index contributed by atoms with van der Waals surface area (Å²) < 4.78 is 2.56. The number of nitrogens with one attached hydrogen (secondary N) is 1. The zero-order chi connectivity index (χ0) is 15.1. The van der Waals surface area contributed by atoms with Crippen molar-refractivity contribution in [1.29, 1.82) is 0 Å². The molecule has 0 aliphatic carbocycles. The smallest absolute Gasteiger partial charge is 0.332 e. The van der Waals surface area contributed by atoms with Crippen LogP contribution in [0, 0.1) is 0 Å². The largest absolute Gasteiger partial charge is 0.383 e. The Hall–Kier alpha value is -1.37. The van der Waals surface area contributed by atoms with Crippen LogP contribution in [0.5, 0.6) is 0 Å². The van der Waals surface area contributed by atoms with Crippen LogP contribution in [0.1, 0.15) is 26.2 Å². The number of hydrogen-bond acceptors (Lipinski definition) is 5. The average molecular weight is 300 g/mol. The number of nitrogens with zero attached hydrogens (tertiary/aromatic N) is 2. The average Bonchev–Trinajstić information content (AvgIpc) is 2.44. The van der Waals surface area contributed by atoms with Crippen molar-refractivity contribution < 1.29 is 0 Å². The Kier molecular flexibility index (Phi) is 6.70. The Morgan fingerprint density at radius 2 is 2.00 bits per heavy atom. The number of nitrogens with two attached hydrogens (primary N) is 1. The molecule has 0 atom stereocenters. The van der Waals surface area contributed by atoms with Gasteiger partial charge in [0.1, 0.15) is 11.5 Å². The topological polar surface area (TPSA) is 82.0 Å². The van der Waals surface area contributed by atoms with Crippen molar-refractivity contribution in [1.82, 2.24) is 9.13 Å². The maximum absolute atomic E-state index is 12.1. The summed E-state index contributed by atoms with van der Waals surface area (Å²) in [6, 6.07) is 0. The molecular formula is C13H24N4O2S. The van der Waals surface area contributed by atoms with Crippen LogP contribution in [0.15, 0.2) is 9.59 Å². The second-order valence-electron chi connectivity index (χ2n) is 4.69. The van der Waals surface area contributed by atoms with Crippen LogP contribution in [-0.2, 0) is 13.6 Å². The van der Waals surface area contributed by atoms with Crippen LogP contribution in [0.25, 0.3) is 0 Å². The van der Waals surface area contributed by atoms with Crippen molar-refractivity contribution in [2.24, 2.45) is 7.05 Å². The summed E-state index contributed by atoms with van der Waals surface area (Å²) in [4.78, 5) is 24.1. The molecule has 7 heteroatoms. The molecule has 0 aliphatic rings. The highest BCUT2D eigenvalue weighted by Crippen LogP contribution is 2.11. The van der Waals surface area contributed by atoms with E-state index in [0.717, 1.165) is 29.6 Å². The van der Waals surface area contributed by atoms with Crippen LogP contribution < -0.4 is 22.3 Å². The van der Waals surface area contributed by atoms with Crippen molar-refractivity contribution in [3.05, 3.63) is 20.8 Å². The minimum absolute atomic E-state index is 0.241. The summed E-state index contributed by atoms with van der Waals surface area (Å²) in [5.74, 6) is 1.34. The molecule has 0 fully saturated rings. The fourth-order valence-electron chi connectivity index (χ4n) is 1.97. The van der Waals surface area contributed by atoms with E-state index < -0.39 is 0 Å². The number of nitrogen functional groups attached to an aromatic ring is 1. The van der Waals surface area contributed by atoms with Gasteiger partial charge in [-0.2, -0.15) is 11.8 Å². The molecule has 0 aliphatic heterocycles. The minimum atomic E-state index is -0.359. The predicted octanol–water partition coefficient (Wildman–Crippen LogP) is 1.09. The van der Waals surface area contributed by atoms with E-state index in [1.807, 2.05) is 6.92 Å². The first-order chi connectivity index (χ1) is 9.54. The van der Waals surface area contributed by atoms with Crippen LogP contribution in [0.4, 0.5) is 11.5 Å². The van der Waals surface area contributed by atoms with Crippen LogP contribution >= 0.6 is 11.8 Å². The van der Waals surface area contributed by atoms with Gasteiger partial charge in [0.2, 0.25) is 0 Å². The molecule has 3 N–H and O–H groups in total. The lowest BCUT2D eigenvalue weighted by molar-refractivity contribution is 0.600. The van der Waals surface area contributed by atoms with Gasteiger partial charge in [-0.15, -0.1) is 0 Å². The molecule has 1 rings (SSSR count). The van der Waals surface area contributed by atoms with Crippen molar-refractivity contribution >= 4 is 23.3 Å². The zero-order valence-electron chi connectivity index (χ0n) is 12.4. The Morgan fingerprint density at radius 3 is 2.60 bits per heavy atom. The molecule has 0 aromatic carbocycles. The van der Waals surface area contributed by atoms with E-state index in [0.29, 0.717) is 18.8 Å². The van der Waals surface area contributed by atoms with Crippen LogP contribution in [0.2, 0.25) is 0 Å². The molecule has 0 bridgehead atoms. The predicted molar refractivity (Wildman–Crippen MR) is 86.8 cm³/mol. The quantitative estimate of drug-likeness (QED) is 0.702. The van der Waals surface area contributed by atoms with Gasteiger partial charge in [-0.3, -0.25) is 13.9 Å². The van der Waals surface area contributed by atoms with Gasteiger partial charge in [-0.25, -0.2) is 4.79 Å². The van der Waals surface area contributed by atoms with Crippen molar-refractivity contribution in [2.75, 3.05) is 29.6 Å². The molecule has 1 aromatic heterocycles. The number of unbranched alkanes of at least 4 members (excludes halogenated alkanes) is 1. The zero-order valence-corrected chi connectivity index (χ0v) is 13.3. The number of anilines is 2. The van der Waals surface area contributed by atoms with E-state index in [1.165, 1.54) is 11.6 Å². The summed E-state index contributed by atoms with van der Waals surface area (Å²) in [5, 5.41) is 3.08. The van der Waals surface area contributed by atoms with Crippen molar-refractivity contribution in [3.63, 3.8) is 0 Å². The normalized spacial score (nSPS) is 10.8. The Balaban J connectivity index is 2.95. The second-order valence-corrected chi connectivity index (χ2v) is 5.67. The van der Waals surface area contributed by atoms with Crippen LogP contribution in [0.3, 0.4) is 0 Å². The monoisotopic (exact) mass is 300 g/mol. The third-order valence-corrected chi connectivity index (χ3v) is 3.80. The van der Waals surface area contributed by atoms with E-state index in [1.54, 1.807) is 11.8 Å². The van der Waals surface area contributed by atoms with Gasteiger partial charge in [0, 0.05) is 20.1 Å². The lowest BCUT2D eigenvalue weighted by Gasteiger charge is -2.15. The second kappa shape index (κ2) is 8.04. The van der Waals surface area contributed by atoms with Gasteiger partial charge in [0.15, 0.2) is 0 Å². The fraction of sp³-hybridized carbons (Fsp3) is 0.692. The fourth-order valence-corrected chi connectivity index (χ4v) is 2.47. The maximum Gasteiger partial charge on any atom is 0.332 e. The third kappa shape index (κ3) is 3.82. The molecule has 20 heavy (non-hydrogen) atoms. The SMILES string of the molecule is CCCn1c(N)c(NCCCCSC)c(=O)n(C)c1=O. The Labute approximate surface area is 123 Å². The molecule has 114 valence electrons. The molecule has 6 nitrogen and oxygen atoms in total. The molecule has 0 spiro atoms. The van der Waals surface area contributed by atoms with Gasteiger partial charge in [0.25, 0.3) is 5.56 Å². The van der Waals surface area contributed by atoms with Gasteiger partial charge < -0.3 is 11.1 Å². The lowest BCUT2D eigenvalue weighted by Crippen LogP contribution is -2.40. The summed E-state index contributed by atoms with van der Waals surface area (Å²) in [7, 11) is 1.48. The maximum atomic E-state index is 12.1. The highest BCUT2D eigenvalue weighted by atomic mass is 32.2. The number of aromatic nitrogens is 2. The lowest BCUT2D eigenvalue weighted by atomic mass is 10.3. The first-order valence-corrected chi connectivity index (χ1v) is 8.26. The summed E-state index contributed by atoms with van der Waals surface area (Å²) >= 11 is 1.80. The highest BCUT2D eigenvalue weighted by molar-refractivity contribution is 7.98. The molecule has 1 aromatic rings. The van der Waals surface area contributed by atoms with E-state index in [9.17, 15) is 9.59 Å². The third-order valence-electron chi connectivity index (χ3n) is 3.11. The number of hydrogen-bond donors (Lipinski definition) is 2. The number of rotatable bonds is 8. The Morgan fingerprint density at radius 1 is 1.30 bits per heavy atom. The van der Waals surface area contributed by atoms with E-state index in [4.69, 9.17) is 5.73 Å². The molecule has 0 amide bonds. The number of thioether (sulfide) groups is 1. The van der Waals surface area contributed by atoms with E-state index in [2.05, 4.69) is 11.6 Å². The molecule has 1 heterocycles. The van der Waals surface area contributed by atoms with Gasteiger partial charge in [-0.1, -0.05) is 6.92 Å². The molecule has 0 saturated carbocycles. The minimum Gasteiger partial charge on any atom is -0.383 e. The molecular weight excluding hydrogens is 276 g/mol. The molecule has 0 saturated heterocycles. The van der Waals surface area contributed by atoms with Crippen molar-refractivity contribution in [3.8, 4) is 0 Å². The van der Waals surface area contributed by atoms with Crippen molar-refractivity contribution in [2.45, 2.75) is 32.7 Å². The van der Waals surface area contributed by atoms with Gasteiger partial charge >= 0.3 is 5.69 Å². The van der Waals surface area contributed by atoms with Gasteiger partial charge in [0.05, 0.1) is 0 Å². The molecule has 0 radical (unpaired) electrons. The van der Waals surface area contributed by atoms with E-state index >= 15 is 0 Å². The summed E-state index contributed by atoms with van der Waals surface area (Å²) in [5.41, 5.74) is 5.59.